The van der Waals surface area contributed by atoms with E-state index in [1.165, 1.54) is 18.1 Å². The van der Waals surface area contributed by atoms with Gasteiger partial charge in [0.1, 0.15) is 24.0 Å². The van der Waals surface area contributed by atoms with E-state index in [-0.39, 0.29) is 40.4 Å². The van der Waals surface area contributed by atoms with E-state index in [4.69, 9.17) is 27.9 Å². The molecule has 3 aromatic rings. The second-order valence-electron chi connectivity index (χ2n) is 10.4. The van der Waals surface area contributed by atoms with Gasteiger partial charge in [0.15, 0.2) is 0 Å². The van der Waals surface area contributed by atoms with Gasteiger partial charge >= 0.3 is 0 Å². The third-order valence-corrected chi connectivity index (χ3v) is 8.50. The van der Waals surface area contributed by atoms with Gasteiger partial charge in [-0.2, -0.15) is 0 Å². The van der Waals surface area contributed by atoms with E-state index in [1.54, 1.807) is 30.3 Å². The van der Waals surface area contributed by atoms with Crippen molar-refractivity contribution >= 4 is 56.4 Å². The minimum atomic E-state index is -4.21. The van der Waals surface area contributed by atoms with Crippen molar-refractivity contribution in [3.63, 3.8) is 0 Å². The standard InChI is InChI=1S/C30H34Cl2N4O7S/c1-20(2)17-33-30(38)27(15-21-9-6-5-7-10-21)34(18-23-24(31)11-8-12-25(23)32)29(37)19-35(44(4,41)42)26-16-22(36(39)40)13-14-28(26)43-3/h5-14,16,20,27H,15,17-19H2,1-4H3,(H,33,38)/t27-/m1/s1. The molecule has 3 rings (SSSR count). The van der Waals surface area contributed by atoms with Crippen molar-refractivity contribution in [3.8, 4) is 5.75 Å². The van der Waals surface area contributed by atoms with Crippen LogP contribution in [0.15, 0.2) is 66.7 Å². The van der Waals surface area contributed by atoms with Crippen molar-refractivity contribution in [2.75, 3.05) is 30.8 Å². The van der Waals surface area contributed by atoms with Gasteiger partial charge in [-0.1, -0.05) is 73.4 Å². The van der Waals surface area contributed by atoms with E-state index >= 15 is 0 Å². The molecule has 0 aliphatic rings. The molecule has 0 aliphatic heterocycles. The Balaban J connectivity index is 2.16. The first-order chi connectivity index (χ1) is 20.7. The Morgan fingerprint density at radius 3 is 2.20 bits per heavy atom. The number of carbonyl (C=O) groups is 2. The molecule has 0 heterocycles. The maximum atomic E-state index is 14.3. The molecule has 0 spiro atoms. The Bertz CT molecular complexity index is 1580. The van der Waals surface area contributed by atoms with E-state index in [9.17, 15) is 28.1 Å². The van der Waals surface area contributed by atoms with Crippen molar-refractivity contribution in [3.05, 3.63) is 98.0 Å². The quantitative estimate of drug-likeness (QED) is 0.187. The summed E-state index contributed by atoms with van der Waals surface area (Å²) in [5.41, 5.74) is 0.493. The Hall–Kier alpha value is -3.87. The summed E-state index contributed by atoms with van der Waals surface area (Å²) in [6.45, 7) is 3.15. The van der Waals surface area contributed by atoms with Gasteiger partial charge in [0, 0.05) is 47.3 Å². The zero-order chi connectivity index (χ0) is 32.6. The number of rotatable bonds is 14. The molecule has 1 atom stereocenters. The van der Waals surface area contributed by atoms with Crippen molar-refractivity contribution < 1.29 is 27.7 Å². The van der Waals surface area contributed by atoms with Gasteiger partial charge in [-0.3, -0.25) is 24.0 Å². The van der Waals surface area contributed by atoms with Crippen LogP contribution in [0.5, 0.6) is 5.75 Å². The first-order valence-electron chi connectivity index (χ1n) is 13.6. The average Bonchev–Trinajstić information content (AvgIpc) is 2.97. The number of nitrogens with zero attached hydrogens (tertiary/aromatic N) is 3. The maximum Gasteiger partial charge on any atom is 0.271 e. The summed E-state index contributed by atoms with van der Waals surface area (Å²) in [5, 5.41) is 14.9. The molecule has 0 aliphatic carbocycles. The molecule has 0 fully saturated rings. The molecule has 0 unspecified atom stereocenters. The molecule has 11 nitrogen and oxygen atoms in total. The first kappa shape index (κ1) is 34.6. The van der Waals surface area contributed by atoms with Gasteiger partial charge in [-0.15, -0.1) is 0 Å². The lowest BCUT2D eigenvalue weighted by Crippen LogP contribution is -2.53. The molecule has 44 heavy (non-hydrogen) atoms. The normalized spacial score (nSPS) is 12.0. The molecule has 0 radical (unpaired) electrons. The lowest BCUT2D eigenvalue weighted by molar-refractivity contribution is -0.384. The van der Waals surface area contributed by atoms with Crippen molar-refractivity contribution in [1.29, 1.82) is 0 Å². The Morgan fingerprint density at radius 2 is 1.66 bits per heavy atom. The van der Waals surface area contributed by atoms with E-state index < -0.39 is 45.0 Å². The number of amides is 2. The Morgan fingerprint density at radius 1 is 1.02 bits per heavy atom. The molecule has 0 bridgehead atoms. The lowest BCUT2D eigenvalue weighted by Gasteiger charge is -2.34. The molecule has 236 valence electrons. The highest BCUT2D eigenvalue weighted by Gasteiger charge is 2.35. The van der Waals surface area contributed by atoms with Crippen molar-refractivity contribution in [1.82, 2.24) is 10.2 Å². The van der Waals surface area contributed by atoms with Crippen LogP contribution >= 0.6 is 23.2 Å². The minimum absolute atomic E-state index is 0.00923. The molecular weight excluding hydrogens is 631 g/mol. The fraction of sp³-hybridized carbons (Fsp3) is 0.333. The molecule has 0 saturated carbocycles. The zero-order valence-electron chi connectivity index (χ0n) is 24.7. The molecule has 1 N–H and O–H groups in total. The van der Waals surface area contributed by atoms with E-state index in [1.807, 2.05) is 32.0 Å². The predicted molar refractivity (Wildman–Crippen MR) is 171 cm³/mol. The molecule has 0 aromatic heterocycles. The number of sulfonamides is 1. The number of methoxy groups -OCH3 is 1. The summed E-state index contributed by atoms with van der Waals surface area (Å²) in [7, 11) is -2.94. The van der Waals surface area contributed by atoms with Crippen LogP contribution in [0.2, 0.25) is 10.0 Å². The lowest BCUT2D eigenvalue weighted by atomic mass is 10.0. The number of benzene rings is 3. The van der Waals surface area contributed by atoms with Crippen LogP contribution in [0.4, 0.5) is 11.4 Å². The first-order valence-corrected chi connectivity index (χ1v) is 16.2. The fourth-order valence-electron chi connectivity index (χ4n) is 4.41. The van der Waals surface area contributed by atoms with Crippen molar-refractivity contribution in [2.45, 2.75) is 32.9 Å². The fourth-order valence-corrected chi connectivity index (χ4v) is 5.77. The highest BCUT2D eigenvalue weighted by molar-refractivity contribution is 7.92. The Labute approximate surface area is 266 Å². The highest BCUT2D eigenvalue weighted by Crippen LogP contribution is 2.34. The molecule has 14 heteroatoms. The highest BCUT2D eigenvalue weighted by atomic mass is 35.5. The average molecular weight is 666 g/mol. The number of hydrogen-bond acceptors (Lipinski definition) is 7. The minimum Gasteiger partial charge on any atom is -0.495 e. The van der Waals surface area contributed by atoms with Crippen LogP contribution in [-0.4, -0.2) is 62.6 Å². The van der Waals surface area contributed by atoms with Gasteiger partial charge in [0.2, 0.25) is 21.8 Å². The second kappa shape index (κ2) is 15.2. The van der Waals surface area contributed by atoms with E-state index in [0.29, 0.717) is 16.4 Å². The number of nitro benzene ring substituents is 1. The van der Waals surface area contributed by atoms with E-state index in [2.05, 4.69) is 5.32 Å². The Kier molecular flexibility index (Phi) is 12.0. The number of hydrogen-bond donors (Lipinski definition) is 1. The smallest absolute Gasteiger partial charge is 0.271 e. The monoisotopic (exact) mass is 664 g/mol. The van der Waals surface area contributed by atoms with Gasteiger partial charge < -0.3 is 15.0 Å². The number of carbonyl (C=O) groups excluding carboxylic acids is 2. The van der Waals surface area contributed by atoms with Gasteiger partial charge in [-0.25, -0.2) is 8.42 Å². The van der Waals surface area contributed by atoms with Crippen LogP contribution in [-0.2, 0) is 32.6 Å². The van der Waals surface area contributed by atoms with Crippen LogP contribution < -0.4 is 14.4 Å². The SMILES string of the molecule is COc1ccc([N+](=O)[O-])cc1N(CC(=O)N(Cc1c(Cl)cccc1Cl)[C@H](Cc1ccccc1)C(=O)NCC(C)C)S(C)(=O)=O. The summed E-state index contributed by atoms with van der Waals surface area (Å²) < 4.78 is 32.2. The topological polar surface area (TPSA) is 139 Å². The second-order valence-corrected chi connectivity index (χ2v) is 13.2. The predicted octanol–water partition coefficient (Wildman–Crippen LogP) is 5.09. The number of nitro groups is 1. The number of anilines is 1. The van der Waals surface area contributed by atoms with Crippen LogP contribution in [0, 0.1) is 16.0 Å². The van der Waals surface area contributed by atoms with E-state index in [0.717, 1.165) is 24.0 Å². The van der Waals surface area contributed by atoms with Gasteiger partial charge in [0.05, 0.1) is 18.3 Å². The number of ether oxygens (including phenoxy) is 1. The van der Waals surface area contributed by atoms with Gasteiger partial charge in [0.25, 0.3) is 5.69 Å². The molecular formula is C30H34Cl2N4O7S. The summed E-state index contributed by atoms with van der Waals surface area (Å²) >= 11 is 13.0. The van der Waals surface area contributed by atoms with Gasteiger partial charge in [-0.05, 0) is 29.7 Å². The summed E-state index contributed by atoms with van der Waals surface area (Å²) in [6, 6.07) is 16.2. The molecule has 2 amide bonds. The maximum absolute atomic E-state index is 14.3. The third kappa shape index (κ3) is 9.07. The summed E-state index contributed by atoms with van der Waals surface area (Å²) in [6.07, 6.45) is 0.961. The van der Waals surface area contributed by atoms with Crippen LogP contribution in [0.3, 0.4) is 0 Å². The van der Waals surface area contributed by atoms with Crippen LogP contribution in [0.25, 0.3) is 0 Å². The molecule has 3 aromatic carbocycles. The number of halogens is 2. The van der Waals surface area contributed by atoms with Crippen LogP contribution in [0.1, 0.15) is 25.0 Å². The largest absolute Gasteiger partial charge is 0.495 e. The third-order valence-electron chi connectivity index (χ3n) is 6.67. The summed E-state index contributed by atoms with van der Waals surface area (Å²) in [4.78, 5) is 40.1. The van der Waals surface area contributed by atoms with Crippen molar-refractivity contribution in [2.24, 2.45) is 5.92 Å². The number of non-ortho nitro benzene ring substituents is 1. The number of nitrogens with one attached hydrogen (secondary N) is 1. The summed E-state index contributed by atoms with van der Waals surface area (Å²) in [5.74, 6) is -1.14. The zero-order valence-corrected chi connectivity index (χ0v) is 27.0. The molecule has 0 saturated heterocycles.